The van der Waals surface area contributed by atoms with Gasteiger partial charge in [0.05, 0.1) is 13.2 Å². The minimum atomic E-state index is 0.597. The van der Waals surface area contributed by atoms with E-state index in [0.29, 0.717) is 5.92 Å². The molecule has 2 aliphatic rings. The second-order valence-electron chi connectivity index (χ2n) is 7.37. The van der Waals surface area contributed by atoms with E-state index in [1.165, 1.54) is 25.9 Å². The van der Waals surface area contributed by atoms with Crippen LogP contribution in [0.2, 0.25) is 0 Å². The lowest BCUT2D eigenvalue weighted by Gasteiger charge is -2.30. The van der Waals surface area contributed by atoms with Gasteiger partial charge in [0.25, 0.3) is 0 Å². The second-order valence-corrected chi connectivity index (χ2v) is 7.37. The largest absolute Gasteiger partial charge is 0.381 e. The summed E-state index contributed by atoms with van der Waals surface area (Å²) in [5.41, 5.74) is 0. The van der Waals surface area contributed by atoms with Gasteiger partial charge in [-0.2, -0.15) is 0 Å². The first kappa shape index (κ1) is 20.5. The maximum Gasteiger partial charge on any atom is 0.191 e. The van der Waals surface area contributed by atoms with Gasteiger partial charge in [-0.05, 0) is 51.6 Å². The van der Waals surface area contributed by atoms with Gasteiger partial charge in [0.1, 0.15) is 0 Å². The van der Waals surface area contributed by atoms with Gasteiger partial charge in [0, 0.05) is 45.3 Å². The van der Waals surface area contributed by atoms with Gasteiger partial charge >= 0.3 is 0 Å². The Balaban J connectivity index is 1.52. The van der Waals surface area contributed by atoms with Crippen LogP contribution in [0.5, 0.6) is 0 Å². The Labute approximate surface area is 153 Å². The fourth-order valence-electron chi connectivity index (χ4n) is 3.28. The molecule has 146 valence electrons. The van der Waals surface area contributed by atoms with Gasteiger partial charge in [-0.15, -0.1) is 0 Å². The van der Waals surface area contributed by atoms with Gasteiger partial charge in [-0.3, -0.25) is 4.99 Å². The molecule has 0 aromatic rings. The van der Waals surface area contributed by atoms with E-state index in [-0.39, 0.29) is 0 Å². The van der Waals surface area contributed by atoms with Crippen LogP contribution >= 0.6 is 0 Å². The number of ether oxygens (including phenoxy) is 2. The van der Waals surface area contributed by atoms with E-state index in [0.717, 1.165) is 77.3 Å². The van der Waals surface area contributed by atoms with E-state index in [4.69, 9.17) is 9.47 Å². The summed E-state index contributed by atoms with van der Waals surface area (Å²) < 4.78 is 11.1. The Kier molecular flexibility index (Phi) is 10.2. The normalized spacial score (nSPS) is 23.1. The van der Waals surface area contributed by atoms with Gasteiger partial charge in [-0.1, -0.05) is 6.92 Å². The molecule has 2 aliphatic heterocycles. The van der Waals surface area contributed by atoms with E-state index < -0.39 is 0 Å². The average molecular weight is 355 g/mol. The van der Waals surface area contributed by atoms with Crippen molar-refractivity contribution in [1.29, 1.82) is 0 Å². The minimum Gasteiger partial charge on any atom is -0.381 e. The van der Waals surface area contributed by atoms with Crippen molar-refractivity contribution < 1.29 is 9.47 Å². The molecule has 0 amide bonds. The molecule has 6 nitrogen and oxygen atoms in total. The van der Waals surface area contributed by atoms with Gasteiger partial charge in [0.2, 0.25) is 0 Å². The lowest BCUT2D eigenvalue weighted by molar-refractivity contribution is 0.0893. The molecule has 1 unspecified atom stereocenters. The molecule has 0 aromatic carbocycles. The smallest absolute Gasteiger partial charge is 0.191 e. The lowest BCUT2D eigenvalue weighted by atomic mass is 9.99. The van der Waals surface area contributed by atoms with Crippen molar-refractivity contribution in [1.82, 2.24) is 15.5 Å². The van der Waals surface area contributed by atoms with E-state index >= 15 is 0 Å². The molecule has 2 rings (SSSR count). The zero-order valence-corrected chi connectivity index (χ0v) is 16.3. The van der Waals surface area contributed by atoms with Crippen LogP contribution in [-0.4, -0.2) is 76.6 Å². The highest BCUT2D eigenvalue weighted by molar-refractivity contribution is 5.79. The number of aliphatic imine (C=N–C) groups is 1. The fourth-order valence-corrected chi connectivity index (χ4v) is 3.28. The van der Waals surface area contributed by atoms with E-state index in [2.05, 4.69) is 34.4 Å². The first-order chi connectivity index (χ1) is 12.3. The topological polar surface area (TPSA) is 58.1 Å². The van der Waals surface area contributed by atoms with E-state index in [1.54, 1.807) is 0 Å². The number of guanidine groups is 1. The average Bonchev–Trinajstić information content (AvgIpc) is 3.13. The third-order valence-corrected chi connectivity index (χ3v) is 5.04. The molecule has 2 heterocycles. The second kappa shape index (κ2) is 12.5. The molecular weight excluding hydrogens is 316 g/mol. The summed E-state index contributed by atoms with van der Waals surface area (Å²) in [6.45, 7) is 14.1. The summed E-state index contributed by atoms with van der Waals surface area (Å²) in [6, 6.07) is 0. The molecule has 25 heavy (non-hydrogen) atoms. The molecule has 6 heteroatoms. The molecule has 2 saturated heterocycles. The van der Waals surface area contributed by atoms with Crippen LogP contribution in [0.1, 0.15) is 39.5 Å². The predicted molar refractivity (Wildman–Crippen MR) is 103 cm³/mol. The first-order valence-corrected chi connectivity index (χ1v) is 10.2. The molecule has 0 spiro atoms. The number of likely N-dealkylation sites (tertiary alicyclic amines) is 1. The van der Waals surface area contributed by atoms with Crippen molar-refractivity contribution in [3.63, 3.8) is 0 Å². The highest BCUT2D eigenvalue weighted by atomic mass is 16.5. The first-order valence-electron chi connectivity index (χ1n) is 10.2. The summed E-state index contributed by atoms with van der Waals surface area (Å²) in [7, 11) is 0. The van der Waals surface area contributed by atoms with Crippen LogP contribution in [0.25, 0.3) is 0 Å². The molecule has 0 radical (unpaired) electrons. The molecule has 0 bridgehead atoms. The molecule has 0 aliphatic carbocycles. The molecule has 1 atom stereocenters. The number of rotatable bonds is 10. The van der Waals surface area contributed by atoms with Crippen LogP contribution in [0, 0.1) is 11.8 Å². The van der Waals surface area contributed by atoms with Crippen molar-refractivity contribution >= 4 is 5.96 Å². The van der Waals surface area contributed by atoms with Crippen molar-refractivity contribution in [2.24, 2.45) is 16.8 Å². The summed E-state index contributed by atoms with van der Waals surface area (Å²) in [4.78, 5) is 7.20. The fraction of sp³-hybridized carbons (Fsp3) is 0.947. The van der Waals surface area contributed by atoms with Crippen LogP contribution in [0.4, 0.5) is 0 Å². The van der Waals surface area contributed by atoms with E-state index in [1.807, 2.05) is 0 Å². The molecule has 0 saturated carbocycles. The molecule has 0 aromatic heterocycles. The number of piperidine rings is 1. The maximum absolute atomic E-state index is 5.73. The third-order valence-electron chi connectivity index (χ3n) is 5.04. The molecule has 2 N–H and O–H groups in total. The third kappa shape index (κ3) is 8.88. The Hall–Kier alpha value is -0.850. The number of nitrogens with zero attached hydrogens (tertiary/aromatic N) is 2. The Bertz CT molecular complexity index is 364. The zero-order valence-electron chi connectivity index (χ0n) is 16.3. The van der Waals surface area contributed by atoms with Gasteiger partial charge in [0.15, 0.2) is 5.96 Å². The minimum absolute atomic E-state index is 0.597. The van der Waals surface area contributed by atoms with Crippen molar-refractivity contribution in [3.05, 3.63) is 0 Å². The quantitative estimate of drug-likeness (QED) is 0.355. The highest BCUT2D eigenvalue weighted by Crippen LogP contribution is 2.15. The SMILES string of the molecule is CCNC(=NCCCOCC1CCOC1)NCCN1CCC(C)CC1. The van der Waals surface area contributed by atoms with Crippen LogP contribution in [0.3, 0.4) is 0 Å². The van der Waals surface area contributed by atoms with Crippen LogP contribution in [0.15, 0.2) is 4.99 Å². The number of hydrogen-bond acceptors (Lipinski definition) is 4. The predicted octanol–water partition coefficient (Wildman–Crippen LogP) is 1.72. The Morgan fingerprint density at radius 2 is 2.08 bits per heavy atom. The van der Waals surface area contributed by atoms with E-state index in [9.17, 15) is 0 Å². The highest BCUT2D eigenvalue weighted by Gasteiger charge is 2.15. The lowest BCUT2D eigenvalue weighted by Crippen LogP contribution is -2.43. The monoisotopic (exact) mass is 354 g/mol. The van der Waals surface area contributed by atoms with Crippen molar-refractivity contribution in [2.45, 2.75) is 39.5 Å². The number of nitrogens with one attached hydrogen (secondary N) is 2. The molecule has 2 fully saturated rings. The van der Waals surface area contributed by atoms with Crippen molar-refractivity contribution in [2.75, 3.05) is 65.7 Å². The summed E-state index contributed by atoms with van der Waals surface area (Å²) in [6.07, 6.45) is 4.78. The van der Waals surface area contributed by atoms with Gasteiger partial charge in [-0.25, -0.2) is 0 Å². The Morgan fingerprint density at radius 1 is 1.24 bits per heavy atom. The maximum atomic E-state index is 5.73. The zero-order chi connectivity index (χ0) is 17.7. The standard InChI is InChI=1S/C19H38N4O2/c1-3-20-19(22-9-12-23-10-5-17(2)6-11-23)21-8-4-13-24-15-18-7-14-25-16-18/h17-18H,3-16H2,1-2H3,(H2,20,21,22). The molecular formula is C19H38N4O2. The number of hydrogen-bond donors (Lipinski definition) is 2. The Morgan fingerprint density at radius 3 is 2.80 bits per heavy atom. The van der Waals surface area contributed by atoms with Crippen molar-refractivity contribution in [3.8, 4) is 0 Å². The summed E-state index contributed by atoms with van der Waals surface area (Å²) >= 11 is 0. The van der Waals surface area contributed by atoms with Gasteiger partial charge < -0.3 is 25.0 Å². The van der Waals surface area contributed by atoms with Crippen LogP contribution < -0.4 is 10.6 Å². The van der Waals surface area contributed by atoms with Crippen LogP contribution in [-0.2, 0) is 9.47 Å². The summed E-state index contributed by atoms with van der Waals surface area (Å²) in [5, 5.41) is 6.78. The summed E-state index contributed by atoms with van der Waals surface area (Å²) in [5.74, 6) is 2.42.